The van der Waals surface area contributed by atoms with Crippen molar-refractivity contribution in [2.75, 3.05) is 0 Å². The molecule has 4 heteroatoms. The summed E-state index contributed by atoms with van der Waals surface area (Å²) in [6.07, 6.45) is 6.51. The molecule has 2 nitrogen and oxygen atoms in total. The SMILES string of the molecule is CC(N)Cc1ccn(CC2CCCC(F)(F)C2)c1. The van der Waals surface area contributed by atoms with Crippen LogP contribution in [0.2, 0.25) is 0 Å². The Morgan fingerprint density at radius 2 is 2.33 bits per heavy atom. The highest BCUT2D eigenvalue weighted by Gasteiger charge is 2.36. The lowest BCUT2D eigenvalue weighted by Gasteiger charge is -2.29. The summed E-state index contributed by atoms with van der Waals surface area (Å²) in [5.74, 6) is -2.35. The maximum atomic E-state index is 13.3. The summed E-state index contributed by atoms with van der Waals surface area (Å²) in [7, 11) is 0. The predicted octanol–water partition coefficient (Wildman–Crippen LogP) is 3.20. The molecule has 1 aromatic heterocycles. The standard InChI is InChI=1S/C14H22F2N2/c1-11(17)7-12-4-6-18(9-12)10-13-3-2-5-14(15,16)8-13/h4,6,9,11,13H,2-3,5,7-8,10,17H2,1H3. The maximum Gasteiger partial charge on any atom is 0.248 e. The number of hydrogen-bond acceptors (Lipinski definition) is 1. The van der Waals surface area contributed by atoms with Gasteiger partial charge in [0.2, 0.25) is 5.92 Å². The number of nitrogens with zero attached hydrogens (tertiary/aromatic N) is 1. The Morgan fingerprint density at radius 1 is 1.56 bits per heavy atom. The average Bonchev–Trinajstić information content (AvgIpc) is 2.62. The van der Waals surface area contributed by atoms with E-state index in [-0.39, 0.29) is 24.8 Å². The molecule has 0 amide bonds. The first-order valence-corrected chi connectivity index (χ1v) is 6.73. The maximum absolute atomic E-state index is 13.3. The molecule has 0 aromatic carbocycles. The Hall–Kier alpha value is -0.900. The van der Waals surface area contributed by atoms with Crippen LogP contribution in [0.4, 0.5) is 8.78 Å². The molecule has 1 heterocycles. The fourth-order valence-electron chi connectivity index (χ4n) is 2.83. The molecule has 1 aromatic rings. The summed E-state index contributed by atoms with van der Waals surface area (Å²) in [5.41, 5.74) is 6.93. The largest absolute Gasteiger partial charge is 0.354 e. The van der Waals surface area contributed by atoms with Crippen molar-refractivity contribution in [1.82, 2.24) is 4.57 Å². The summed E-state index contributed by atoms with van der Waals surface area (Å²) in [5, 5.41) is 0. The Balaban J connectivity index is 1.91. The van der Waals surface area contributed by atoms with Crippen molar-refractivity contribution in [3.63, 3.8) is 0 Å². The van der Waals surface area contributed by atoms with Gasteiger partial charge in [-0.3, -0.25) is 0 Å². The summed E-state index contributed by atoms with van der Waals surface area (Å²) in [6, 6.07) is 2.17. The predicted molar refractivity (Wildman–Crippen MR) is 68.7 cm³/mol. The highest BCUT2D eigenvalue weighted by Crippen LogP contribution is 2.37. The summed E-state index contributed by atoms with van der Waals surface area (Å²) in [4.78, 5) is 0. The van der Waals surface area contributed by atoms with E-state index in [1.165, 1.54) is 5.56 Å². The van der Waals surface area contributed by atoms with E-state index in [1.807, 2.05) is 30.0 Å². The van der Waals surface area contributed by atoms with Crippen LogP contribution >= 0.6 is 0 Å². The topological polar surface area (TPSA) is 30.9 Å². The van der Waals surface area contributed by atoms with Gasteiger partial charge in [-0.05, 0) is 43.7 Å². The lowest BCUT2D eigenvalue weighted by Crippen LogP contribution is -2.28. The number of aromatic nitrogens is 1. The molecular weight excluding hydrogens is 234 g/mol. The number of nitrogens with two attached hydrogens (primary N) is 1. The Morgan fingerprint density at radius 3 is 3.00 bits per heavy atom. The molecule has 2 N–H and O–H groups in total. The highest BCUT2D eigenvalue weighted by atomic mass is 19.3. The van der Waals surface area contributed by atoms with Gasteiger partial charge in [-0.1, -0.05) is 0 Å². The molecule has 0 radical (unpaired) electrons. The summed E-state index contributed by atoms with van der Waals surface area (Å²) >= 11 is 0. The molecule has 1 aliphatic rings. The molecule has 2 unspecified atom stereocenters. The van der Waals surface area contributed by atoms with Gasteiger partial charge in [-0.25, -0.2) is 8.78 Å². The normalized spacial score (nSPS) is 25.0. The van der Waals surface area contributed by atoms with Gasteiger partial charge >= 0.3 is 0 Å². The molecule has 0 spiro atoms. The van der Waals surface area contributed by atoms with Gasteiger partial charge in [0.15, 0.2) is 0 Å². The van der Waals surface area contributed by atoms with Gasteiger partial charge in [0, 0.05) is 37.8 Å². The van der Waals surface area contributed by atoms with E-state index in [2.05, 4.69) is 0 Å². The van der Waals surface area contributed by atoms with Crippen LogP contribution in [0.25, 0.3) is 0 Å². The van der Waals surface area contributed by atoms with Gasteiger partial charge in [0.05, 0.1) is 0 Å². The Kier molecular flexibility index (Phi) is 4.05. The Bertz CT molecular complexity index is 385. The number of halogens is 2. The number of alkyl halides is 2. The van der Waals surface area contributed by atoms with Gasteiger partial charge < -0.3 is 10.3 Å². The van der Waals surface area contributed by atoms with E-state index in [1.54, 1.807) is 0 Å². The van der Waals surface area contributed by atoms with E-state index in [0.717, 1.165) is 12.8 Å². The molecule has 0 bridgehead atoms. The molecule has 1 saturated carbocycles. The second-order valence-corrected chi connectivity index (χ2v) is 5.72. The second-order valence-electron chi connectivity index (χ2n) is 5.72. The third-order valence-electron chi connectivity index (χ3n) is 3.58. The zero-order valence-electron chi connectivity index (χ0n) is 10.9. The Labute approximate surface area is 107 Å². The van der Waals surface area contributed by atoms with Crippen LogP contribution in [0.3, 0.4) is 0 Å². The van der Waals surface area contributed by atoms with Gasteiger partial charge in [-0.2, -0.15) is 0 Å². The molecular formula is C14H22F2N2. The molecule has 2 rings (SSSR count). The van der Waals surface area contributed by atoms with Crippen molar-refractivity contribution in [1.29, 1.82) is 0 Å². The molecule has 2 atom stereocenters. The van der Waals surface area contributed by atoms with E-state index in [4.69, 9.17) is 5.73 Å². The third kappa shape index (κ3) is 3.80. The van der Waals surface area contributed by atoms with Crippen LogP contribution < -0.4 is 5.73 Å². The lowest BCUT2D eigenvalue weighted by molar-refractivity contribution is -0.0547. The van der Waals surface area contributed by atoms with Crippen molar-refractivity contribution in [3.8, 4) is 0 Å². The minimum Gasteiger partial charge on any atom is -0.354 e. The van der Waals surface area contributed by atoms with Crippen LogP contribution in [0.1, 0.15) is 38.2 Å². The number of rotatable bonds is 4. The smallest absolute Gasteiger partial charge is 0.248 e. The molecule has 0 aliphatic heterocycles. The first-order valence-electron chi connectivity index (χ1n) is 6.73. The highest BCUT2D eigenvalue weighted by molar-refractivity contribution is 5.11. The van der Waals surface area contributed by atoms with Crippen LogP contribution in [-0.4, -0.2) is 16.5 Å². The molecule has 1 aliphatic carbocycles. The fraction of sp³-hybridized carbons (Fsp3) is 0.714. The van der Waals surface area contributed by atoms with Crippen LogP contribution in [0.15, 0.2) is 18.5 Å². The first kappa shape index (κ1) is 13.5. The summed E-state index contributed by atoms with van der Waals surface area (Å²) < 4.78 is 28.6. The third-order valence-corrected chi connectivity index (χ3v) is 3.58. The van der Waals surface area contributed by atoms with Crippen molar-refractivity contribution >= 4 is 0 Å². The van der Waals surface area contributed by atoms with E-state index in [0.29, 0.717) is 13.0 Å². The van der Waals surface area contributed by atoms with Gasteiger partial charge in [0.1, 0.15) is 0 Å². The fourth-order valence-corrected chi connectivity index (χ4v) is 2.83. The van der Waals surface area contributed by atoms with Gasteiger partial charge in [-0.15, -0.1) is 0 Å². The van der Waals surface area contributed by atoms with E-state index >= 15 is 0 Å². The van der Waals surface area contributed by atoms with E-state index < -0.39 is 5.92 Å². The second kappa shape index (κ2) is 5.39. The summed E-state index contributed by atoms with van der Waals surface area (Å²) in [6.45, 7) is 2.67. The van der Waals surface area contributed by atoms with Crippen molar-refractivity contribution in [3.05, 3.63) is 24.0 Å². The van der Waals surface area contributed by atoms with Crippen LogP contribution in [-0.2, 0) is 13.0 Å². The lowest BCUT2D eigenvalue weighted by atomic mass is 9.86. The van der Waals surface area contributed by atoms with Crippen LogP contribution in [0, 0.1) is 5.92 Å². The zero-order valence-corrected chi connectivity index (χ0v) is 10.9. The van der Waals surface area contributed by atoms with Gasteiger partial charge in [0.25, 0.3) is 0 Å². The van der Waals surface area contributed by atoms with Crippen molar-refractivity contribution in [2.24, 2.45) is 11.7 Å². The zero-order chi connectivity index (χ0) is 13.2. The molecule has 102 valence electrons. The van der Waals surface area contributed by atoms with Crippen LogP contribution in [0.5, 0.6) is 0 Å². The molecule has 1 fully saturated rings. The van der Waals surface area contributed by atoms with E-state index in [9.17, 15) is 8.78 Å². The minimum absolute atomic E-state index is 0.0355. The molecule has 18 heavy (non-hydrogen) atoms. The van der Waals surface area contributed by atoms with Crippen molar-refractivity contribution in [2.45, 2.75) is 57.5 Å². The first-order chi connectivity index (χ1) is 8.44. The monoisotopic (exact) mass is 256 g/mol. The minimum atomic E-state index is -2.45. The number of hydrogen-bond donors (Lipinski definition) is 1. The quantitative estimate of drug-likeness (QED) is 0.881. The van der Waals surface area contributed by atoms with Crippen molar-refractivity contribution < 1.29 is 8.78 Å². The molecule has 0 saturated heterocycles. The average molecular weight is 256 g/mol.